The summed E-state index contributed by atoms with van der Waals surface area (Å²) in [5, 5.41) is 1.52. The van der Waals surface area contributed by atoms with Gasteiger partial charge in [0.2, 0.25) is 5.78 Å². The minimum absolute atomic E-state index is 0.251. The van der Waals surface area contributed by atoms with Gasteiger partial charge in [0.1, 0.15) is 0 Å². The third kappa shape index (κ3) is 4.13. The Kier molecular flexibility index (Phi) is 5.99. The number of aryl methyl sites for hydroxylation is 1. The number of pyridine rings is 1. The molecular formula is C28H21BrN2O3. The van der Waals surface area contributed by atoms with Gasteiger partial charge in [0.05, 0.1) is 16.8 Å². The number of Topliss-reactive ketones (excluding diaryl/α,β-unsaturated/α-hetero) is 1. The second-order valence-electron chi connectivity index (χ2n) is 7.97. The van der Waals surface area contributed by atoms with E-state index in [-0.39, 0.29) is 12.4 Å². The number of benzene rings is 3. The van der Waals surface area contributed by atoms with Gasteiger partial charge in [0.25, 0.3) is 0 Å². The average molecular weight is 513 g/mol. The maximum atomic E-state index is 13.1. The fourth-order valence-corrected chi connectivity index (χ4v) is 4.41. The number of rotatable bonds is 6. The lowest BCUT2D eigenvalue weighted by molar-refractivity contribution is 0.0477. The van der Waals surface area contributed by atoms with E-state index >= 15 is 0 Å². The second-order valence-corrected chi connectivity index (χ2v) is 8.89. The first kappa shape index (κ1) is 22.0. The molecule has 2 aromatic heterocycles. The predicted molar refractivity (Wildman–Crippen MR) is 137 cm³/mol. The summed E-state index contributed by atoms with van der Waals surface area (Å²) >= 11 is 3.44. The van der Waals surface area contributed by atoms with E-state index in [4.69, 9.17) is 9.72 Å². The normalized spacial score (nSPS) is 11.1. The van der Waals surface area contributed by atoms with Crippen LogP contribution in [0.3, 0.4) is 0 Å². The van der Waals surface area contributed by atoms with Crippen LogP contribution in [0.5, 0.6) is 0 Å². The van der Waals surface area contributed by atoms with E-state index in [0.29, 0.717) is 27.7 Å². The van der Waals surface area contributed by atoms with Crippen molar-refractivity contribution >= 4 is 49.5 Å². The lowest BCUT2D eigenvalue weighted by Gasteiger charge is -2.10. The molecule has 2 heterocycles. The standard InChI is InChI=1S/C28H21BrN2O3/c1-2-17-6-5-8-21-23(15-30-27(17)21)26(32)16-34-28(33)22-14-25(18-10-12-19(29)13-11-18)31-24-9-4-3-7-20(22)24/h3-15,30H,2,16H2,1H3. The lowest BCUT2D eigenvalue weighted by atomic mass is 10.0. The van der Waals surface area contributed by atoms with Crippen molar-refractivity contribution in [3.63, 3.8) is 0 Å². The molecule has 6 heteroatoms. The van der Waals surface area contributed by atoms with E-state index in [9.17, 15) is 9.59 Å². The van der Waals surface area contributed by atoms with Gasteiger partial charge in [-0.25, -0.2) is 9.78 Å². The third-order valence-corrected chi connectivity index (χ3v) is 6.42. The molecule has 0 aliphatic heterocycles. The Morgan fingerprint density at radius 2 is 1.71 bits per heavy atom. The van der Waals surface area contributed by atoms with Gasteiger partial charge in [-0.05, 0) is 36.2 Å². The van der Waals surface area contributed by atoms with Crippen LogP contribution in [0.25, 0.3) is 33.1 Å². The number of fused-ring (bicyclic) bond motifs is 2. The summed E-state index contributed by atoms with van der Waals surface area (Å²) in [6, 6.07) is 22.7. The average Bonchev–Trinajstić information content (AvgIpc) is 3.31. The first-order valence-corrected chi connectivity index (χ1v) is 11.8. The van der Waals surface area contributed by atoms with Crippen molar-refractivity contribution in [1.29, 1.82) is 0 Å². The number of H-pyrrole nitrogens is 1. The first-order chi connectivity index (χ1) is 16.5. The van der Waals surface area contributed by atoms with Gasteiger partial charge in [-0.1, -0.05) is 71.4 Å². The fourth-order valence-electron chi connectivity index (χ4n) is 4.14. The number of para-hydroxylation sites is 2. The minimum atomic E-state index is -0.556. The van der Waals surface area contributed by atoms with Crippen molar-refractivity contribution in [1.82, 2.24) is 9.97 Å². The number of halogens is 1. The molecule has 0 saturated heterocycles. The largest absolute Gasteiger partial charge is 0.454 e. The Bertz CT molecular complexity index is 1540. The van der Waals surface area contributed by atoms with Gasteiger partial charge in [-0.2, -0.15) is 0 Å². The highest BCUT2D eigenvalue weighted by atomic mass is 79.9. The second kappa shape index (κ2) is 9.23. The van der Waals surface area contributed by atoms with Crippen molar-refractivity contribution in [2.45, 2.75) is 13.3 Å². The van der Waals surface area contributed by atoms with Crippen LogP contribution in [0.4, 0.5) is 0 Å². The number of aromatic nitrogens is 2. The smallest absolute Gasteiger partial charge is 0.339 e. The zero-order valence-electron chi connectivity index (χ0n) is 18.5. The Labute approximate surface area is 204 Å². The van der Waals surface area contributed by atoms with Crippen LogP contribution >= 0.6 is 15.9 Å². The van der Waals surface area contributed by atoms with Crippen LogP contribution in [0.15, 0.2) is 83.5 Å². The topological polar surface area (TPSA) is 72.1 Å². The van der Waals surface area contributed by atoms with Crippen molar-refractivity contribution < 1.29 is 14.3 Å². The van der Waals surface area contributed by atoms with Crippen LogP contribution in [0, 0.1) is 0 Å². The first-order valence-electron chi connectivity index (χ1n) is 11.0. The van der Waals surface area contributed by atoms with Gasteiger partial charge in [-0.3, -0.25) is 4.79 Å². The number of aromatic amines is 1. The minimum Gasteiger partial charge on any atom is -0.454 e. The van der Waals surface area contributed by atoms with Crippen LogP contribution in [-0.2, 0) is 11.2 Å². The zero-order chi connectivity index (χ0) is 23.7. The summed E-state index contributed by atoms with van der Waals surface area (Å²) in [6.07, 6.45) is 2.55. The number of carbonyl (C=O) groups is 2. The molecule has 0 bridgehead atoms. The Hall–Kier alpha value is -3.77. The van der Waals surface area contributed by atoms with Gasteiger partial charge in [0, 0.05) is 38.1 Å². The highest BCUT2D eigenvalue weighted by Crippen LogP contribution is 2.27. The molecule has 0 fully saturated rings. The molecule has 0 saturated carbocycles. The van der Waals surface area contributed by atoms with E-state index in [1.165, 1.54) is 0 Å². The number of ketones is 1. The molecule has 0 atom stereocenters. The molecule has 0 aliphatic carbocycles. The molecule has 0 amide bonds. The fraction of sp³-hybridized carbons (Fsp3) is 0.107. The SMILES string of the molecule is CCc1cccc2c(C(=O)COC(=O)c3cc(-c4ccc(Br)cc4)nc4ccccc34)c[nH]c12. The molecule has 5 nitrogen and oxygen atoms in total. The summed E-state index contributed by atoms with van der Waals surface area (Å²) in [6.45, 7) is 1.73. The predicted octanol–water partition coefficient (Wildman–Crippen LogP) is 6.75. The molecule has 0 radical (unpaired) electrons. The van der Waals surface area contributed by atoms with Gasteiger partial charge in [-0.15, -0.1) is 0 Å². The molecule has 168 valence electrons. The molecule has 0 unspecified atom stereocenters. The number of hydrogen-bond donors (Lipinski definition) is 1. The molecule has 5 rings (SSSR count). The lowest BCUT2D eigenvalue weighted by Crippen LogP contribution is -2.14. The van der Waals surface area contributed by atoms with Gasteiger partial charge < -0.3 is 9.72 Å². The van der Waals surface area contributed by atoms with E-state index < -0.39 is 5.97 Å². The molecule has 1 N–H and O–H groups in total. The summed E-state index contributed by atoms with van der Waals surface area (Å²) < 4.78 is 6.46. The van der Waals surface area contributed by atoms with E-state index in [1.807, 2.05) is 66.7 Å². The third-order valence-electron chi connectivity index (χ3n) is 5.89. The van der Waals surface area contributed by atoms with Crippen molar-refractivity contribution in [3.05, 3.63) is 100 Å². The van der Waals surface area contributed by atoms with Crippen molar-refractivity contribution in [2.75, 3.05) is 6.61 Å². The molecule has 3 aromatic carbocycles. The highest BCUT2D eigenvalue weighted by Gasteiger charge is 2.19. The van der Waals surface area contributed by atoms with Crippen LogP contribution in [0.2, 0.25) is 0 Å². The summed E-state index contributed by atoms with van der Waals surface area (Å²) in [7, 11) is 0. The maximum absolute atomic E-state index is 13.1. The molecular weight excluding hydrogens is 492 g/mol. The number of nitrogens with one attached hydrogen (secondary N) is 1. The number of hydrogen-bond acceptors (Lipinski definition) is 4. The number of carbonyl (C=O) groups excluding carboxylic acids is 2. The summed E-state index contributed by atoms with van der Waals surface area (Å²) in [5.41, 5.74) is 5.20. The van der Waals surface area contributed by atoms with Crippen molar-refractivity contribution in [2.24, 2.45) is 0 Å². The van der Waals surface area contributed by atoms with Gasteiger partial charge in [0.15, 0.2) is 6.61 Å². The Morgan fingerprint density at radius 1 is 0.941 bits per heavy atom. The van der Waals surface area contributed by atoms with E-state index in [0.717, 1.165) is 32.9 Å². The summed E-state index contributed by atoms with van der Waals surface area (Å²) in [4.78, 5) is 33.9. The monoisotopic (exact) mass is 512 g/mol. The number of ether oxygens (including phenoxy) is 1. The van der Waals surface area contributed by atoms with E-state index in [2.05, 4.69) is 27.8 Å². The van der Waals surface area contributed by atoms with Crippen molar-refractivity contribution in [3.8, 4) is 11.3 Å². The van der Waals surface area contributed by atoms with Crippen LogP contribution < -0.4 is 0 Å². The van der Waals surface area contributed by atoms with E-state index in [1.54, 1.807) is 12.3 Å². The van der Waals surface area contributed by atoms with Gasteiger partial charge >= 0.3 is 5.97 Å². The summed E-state index contributed by atoms with van der Waals surface area (Å²) in [5.74, 6) is -0.807. The highest BCUT2D eigenvalue weighted by molar-refractivity contribution is 9.10. The molecule has 5 aromatic rings. The number of nitrogens with zero attached hydrogens (tertiary/aromatic N) is 1. The number of esters is 1. The molecule has 0 aliphatic rings. The zero-order valence-corrected chi connectivity index (χ0v) is 20.1. The Morgan fingerprint density at radius 3 is 2.50 bits per heavy atom. The van der Waals surface area contributed by atoms with Crippen LogP contribution in [-0.4, -0.2) is 28.3 Å². The quantitative estimate of drug-likeness (QED) is 0.202. The maximum Gasteiger partial charge on any atom is 0.339 e. The van der Waals surface area contributed by atoms with Crippen LogP contribution in [0.1, 0.15) is 33.2 Å². The molecule has 34 heavy (non-hydrogen) atoms. The molecule has 0 spiro atoms. The Balaban J connectivity index is 1.43.